The molecule has 0 bridgehead atoms. The highest BCUT2D eigenvalue weighted by molar-refractivity contribution is 7.93. The van der Waals surface area contributed by atoms with Crippen LogP contribution in [0.2, 0.25) is 0 Å². The molecule has 1 N–H and O–H groups in total. The molecule has 0 aliphatic heterocycles. The Morgan fingerprint density at radius 3 is 2.41 bits per heavy atom. The van der Waals surface area contributed by atoms with Gasteiger partial charge >= 0.3 is 0 Å². The summed E-state index contributed by atoms with van der Waals surface area (Å²) in [6, 6.07) is 6.79. The van der Waals surface area contributed by atoms with Gasteiger partial charge in [-0.1, -0.05) is 36.8 Å². The van der Waals surface area contributed by atoms with Gasteiger partial charge in [-0.2, -0.15) is 0 Å². The first-order valence-corrected chi connectivity index (χ1v) is 9.23. The molecule has 0 saturated heterocycles. The van der Waals surface area contributed by atoms with Gasteiger partial charge in [0.05, 0.1) is 15.5 Å². The molecule has 0 unspecified atom stereocenters. The van der Waals surface area contributed by atoms with Crippen LogP contribution in [0.4, 0.5) is 5.13 Å². The van der Waals surface area contributed by atoms with E-state index in [1.54, 1.807) is 19.1 Å². The summed E-state index contributed by atoms with van der Waals surface area (Å²) in [5, 5.41) is 0.209. The second-order valence-corrected chi connectivity index (χ2v) is 7.67. The number of benzene rings is 1. The Bertz CT molecular complexity index is 778. The number of nitrogens with zero attached hydrogens (tertiary/aromatic N) is 1. The van der Waals surface area contributed by atoms with Crippen LogP contribution in [0.1, 0.15) is 41.2 Å². The number of carbonyl (C=O) groups is 1. The van der Waals surface area contributed by atoms with E-state index < -0.39 is 10.0 Å². The quantitative estimate of drug-likeness (QED) is 0.819. The molecule has 2 rings (SSSR count). The number of Topliss-reactive ketones (excluding diaryl/α,β-unsaturated/α-hetero) is 1. The Morgan fingerprint density at radius 2 is 1.91 bits per heavy atom. The average molecular weight is 338 g/mol. The van der Waals surface area contributed by atoms with E-state index in [-0.39, 0.29) is 15.8 Å². The van der Waals surface area contributed by atoms with Gasteiger partial charge in [-0.25, -0.2) is 13.4 Å². The Morgan fingerprint density at radius 1 is 1.27 bits per heavy atom. The van der Waals surface area contributed by atoms with Crippen molar-refractivity contribution in [2.45, 2.75) is 38.5 Å². The predicted octanol–water partition coefficient (Wildman–Crippen LogP) is 3.41. The molecule has 0 atom stereocenters. The lowest BCUT2D eigenvalue weighted by atomic mass is 10.1. The number of ketones is 1. The van der Waals surface area contributed by atoms with Crippen LogP contribution in [0.5, 0.6) is 0 Å². The van der Waals surface area contributed by atoms with Crippen LogP contribution >= 0.6 is 11.3 Å². The Balaban J connectivity index is 2.23. The largest absolute Gasteiger partial charge is 0.294 e. The summed E-state index contributed by atoms with van der Waals surface area (Å²) in [5.41, 5.74) is 1.64. The first-order valence-electron chi connectivity index (χ1n) is 6.93. The fourth-order valence-electron chi connectivity index (χ4n) is 2.06. The zero-order valence-corrected chi connectivity index (χ0v) is 14.3. The third-order valence-electron chi connectivity index (χ3n) is 3.11. The lowest BCUT2D eigenvalue weighted by Crippen LogP contribution is -2.12. The van der Waals surface area contributed by atoms with E-state index in [0.717, 1.165) is 29.7 Å². The number of anilines is 1. The van der Waals surface area contributed by atoms with Crippen LogP contribution in [-0.4, -0.2) is 19.2 Å². The predicted molar refractivity (Wildman–Crippen MR) is 88.1 cm³/mol. The SMILES string of the molecule is CCCc1ccc(S(=O)(=O)Nc2nc(C)c(C(C)=O)s2)cc1. The van der Waals surface area contributed by atoms with E-state index in [1.807, 2.05) is 12.1 Å². The Hall–Kier alpha value is -1.73. The van der Waals surface area contributed by atoms with Crippen LogP contribution in [0.15, 0.2) is 29.2 Å². The summed E-state index contributed by atoms with van der Waals surface area (Å²) in [6.45, 7) is 5.19. The summed E-state index contributed by atoms with van der Waals surface area (Å²) < 4.78 is 27.1. The molecule has 5 nitrogen and oxygen atoms in total. The number of carbonyl (C=O) groups excluding carboxylic acids is 1. The van der Waals surface area contributed by atoms with E-state index in [2.05, 4.69) is 16.6 Å². The van der Waals surface area contributed by atoms with E-state index in [4.69, 9.17) is 0 Å². The molecule has 2 aromatic rings. The van der Waals surface area contributed by atoms with Gasteiger partial charge in [-0.15, -0.1) is 0 Å². The second-order valence-electron chi connectivity index (χ2n) is 4.99. The highest BCUT2D eigenvalue weighted by atomic mass is 32.2. The molecule has 1 aromatic heterocycles. The summed E-state index contributed by atoms with van der Waals surface area (Å²) in [6.07, 6.45) is 1.93. The van der Waals surface area contributed by atoms with Crippen molar-refractivity contribution >= 4 is 32.3 Å². The number of hydrogen-bond acceptors (Lipinski definition) is 5. The van der Waals surface area contributed by atoms with Gasteiger partial charge in [0, 0.05) is 6.92 Å². The van der Waals surface area contributed by atoms with Gasteiger partial charge < -0.3 is 0 Å². The van der Waals surface area contributed by atoms with Crippen molar-refractivity contribution in [3.63, 3.8) is 0 Å². The molecule has 118 valence electrons. The van der Waals surface area contributed by atoms with Gasteiger partial charge in [-0.3, -0.25) is 9.52 Å². The third kappa shape index (κ3) is 3.72. The number of aromatic nitrogens is 1. The van der Waals surface area contributed by atoms with Gasteiger partial charge in [0.15, 0.2) is 10.9 Å². The van der Waals surface area contributed by atoms with Crippen molar-refractivity contribution in [3.8, 4) is 0 Å². The van der Waals surface area contributed by atoms with Crippen molar-refractivity contribution in [3.05, 3.63) is 40.4 Å². The number of rotatable bonds is 6. The monoisotopic (exact) mass is 338 g/mol. The first kappa shape index (κ1) is 16.6. The molecule has 0 aliphatic rings. The lowest BCUT2D eigenvalue weighted by Gasteiger charge is -2.06. The van der Waals surface area contributed by atoms with E-state index >= 15 is 0 Å². The summed E-state index contributed by atoms with van der Waals surface area (Å²) in [5.74, 6) is -0.121. The van der Waals surface area contributed by atoms with Gasteiger partial charge in [-0.05, 0) is 31.0 Å². The van der Waals surface area contributed by atoms with Crippen LogP contribution in [0, 0.1) is 6.92 Å². The molecule has 0 fully saturated rings. The lowest BCUT2D eigenvalue weighted by molar-refractivity contribution is 0.102. The minimum Gasteiger partial charge on any atom is -0.294 e. The number of hydrogen-bond donors (Lipinski definition) is 1. The molecular formula is C15H18N2O3S2. The maximum atomic E-state index is 12.3. The number of aryl methyl sites for hydroxylation is 2. The maximum absolute atomic E-state index is 12.3. The molecular weight excluding hydrogens is 320 g/mol. The fraction of sp³-hybridized carbons (Fsp3) is 0.333. The van der Waals surface area contributed by atoms with E-state index in [1.165, 1.54) is 6.92 Å². The molecule has 22 heavy (non-hydrogen) atoms. The van der Waals surface area contributed by atoms with Crippen LogP contribution in [-0.2, 0) is 16.4 Å². The smallest absolute Gasteiger partial charge is 0.263 e. The fourth-order valence-corrected chi connectivity index (χ4v) is 4.16. The minimum atomic E-state index is -3.69. The van der Waals surface area contributed by atoms with Crippen LogP contribution in [0.25, 0.3) is 0 Å². The summed E-state index contributed by atoms with van der Waals surface area (Å²) in [7, 11) is -3.69. The summed E-state index contributed by atoms with van der Waals surface area (Å²) >= 11 is 1.05. The standard InChI is InChI=1S/C15H18N2O3S2/c1-4-5-12-6-8-13(9-7-12)22(19,20)17-15-16-10(2)14(21-15)11(3)18/h6-9H,4-5H2,1-3H3,(H,16,17). The molecule has 1 aromatic carbocycles. The van der Waals surface area contributed by atoms with Gasteiger partial charge in [0.2, 0.25) is 0 Å². The Labute approximate surface area is 134 Å². The van der Waals surface area contributed by atoms with Crippen molar-refractivity contribution in [1.82, 2.24) is 4.98 Å². The molecule has 0 aliphatic carbocycles. The first-order chi connectivity index (χ1) is 10.3. The molecule has 0 saturated carbocycles. The van der Waals surface area contributed by atoms with Crippen molar-refractivity contribution < 1.29 is 13.2 Å². The highest BCUT2D eigenvalue weighted by Crippen LogP contribution is 2.25. The number of sulfonamides is 1. The number of thiazole rings is 1. The van der Waals surface area contributed by atoms with E-state index in [0.29, 0.717) is 10.6 Å². The number of nitrogens with one attached hydrogen (secondary N) is 1. The van der Waals surface area contributed by atoms with Crippen LogP contribution < -0.4 is 4.72 Å². The van der Waals surface area contributed by atoms with Crippen molar-refractivity contribution in [2.24, 2.45) is 0 Å². The second kappa shape index (κ2) is 6.58. The molecule has 0 spiro atoms. The van der Waals surface area contributed by atoms with E-state index in [9.17, 15) is 13.2 Å². The van der Waals surface area contributed by atoms with Crippen molar-refractivity contribution in [1.29, 1.82) is 0 Å². The average Bonchev–Trinajstić information content (AvgIpc) is 2.80. The topological polar surface area (TPSA) is 76.1 Å². The minimum absolute atomic E-state index is 0.121. The Kier molecular flexibility index (Phi) is 4.97. The molecule has 1 heterocycles. The normalized spacial score (nSPS) is 11.4. The third-order valence-corrected chi connectivity index (χ3v) is 5.77. The summed E-state index contributed by atoms with van der Waals surface area (Å²) in [4.78, 5) is 16.2. The van der Waals surface area contributed by atoms with Gasteiger partial charge in [0.25, 0.3) is 10.0 Å². The molecule has 0 amide bonds. The highest BCUT2D eigenvalue weighted by Gasteiger charge is 2.18. The maximum Gasteiger partial charge on any atom is 0.263 e. The molecule has 0 radical (unpaired) electrons. The molecule has 7 heteroatoms. The van der Waals surface area contributed by atoms with Crippen LogP contribution in [0.3, 0.4) is 0 Å². The zero-order valence-electron chi connectivity index (χ0n) is 12.7. The zero-order chi connectivity index (χ0) is 16.3. The van der Waals surface area contributed by atoms with Crippen molar-refractivity contribution in [2.75, 3.05) is 4.72 Å². The van der Waals surface area contributed by atoms with Gasteiger partial charge in [0.1, 0.15) is 0 Å².